The fraction of sp³-hybridized carbons (Fsp3) is 0.333. The van der Waals surface area contributed by atoms with E-state index in [0.717, 1.165) is 38.0 Å². The minimum atomic E-state index is -0.0568. The number of pyridine rings is 1. The first-order valence-corrected chi connectivity index (χ1v) is 7.03. The lowest BCUT2D eigenvalue weighted by Gasteiger charge is -2.11. The molecule has 0 atom stereocenters. The summed E-state index contributed by atoms with van der Waals surface area (Å²) in [4.78, 5) is 18.9. The Hall–Kier alpha value is -1.68. The number of nitrogens with one attached hydrogen (secondary N) is 1. The molecule has 2 rings (SSSR count). The Labute approximate surface area is 117 Å². The van der Waals surface area contributed by atoms with Crippen molar-refractivity contribution in [3.05, 3.63) is 44.4 Å². The molecular weight excluding hydrogens is 256 g/mol. The number of rotatable bonds is 2. The molecule has 2 aromatic rings. The van der Waals surface area contributed by atoms with Crippen LogP contribution in [-0.4, -0.2) is 10.9 Å². The Morgan fingerprint density at radius 3 is 2.37 bits per heavy atom. The van der Waals surface area contributed by atoms with Crippen LogP contribution in [0.15, 0.2) is 12.1 Å². The van der Waals surface area contributed by atoms with Gasteiger partial charge in [0.2, 0.25) is 0 Å². The molecule has 0 aromatic carbocycles. The lowest BCUT2D eigenvalue weighted by Crippen LogP contribution is -2.14. The first-order valence-electron chi connectivity index (χ1n) is 6.21. The van der Waals surface area contributed by atoms with Crippen LogP contribution in [0, 0.1) is 34.6 Å². The van der Waals surface area contributed by atoms with Crippen LogP contribution in [0.2, 0.25) is 0 Å². The largest absolute Gasteiger partial charge is 0.320 e. The Morgan fingerprint density at radius 2 is 1.84 bits per heavy atom. The van der Waals surface area contributed by atoms with Crippen LogP contribution in [0.25, 0.3) is 0 Å². The van der Waals surface area contributed by atoms with Crippen molar-refractivity contribution >= 4 is 22.9 Å². The molecule has 2 aromatic heterocycles. The summed E-state index contributed by atoms with van der Waals surface area (Å²) in [6.45, 7) is 9.85. The van der Waals surface area contributed by atoms with Gasteiger partial charge in [0.15, 0.2) is 0 Å². The zero-order valence-corrected chi connectivity index (χ0v) is 12.7. The summed E-state index contributed by atoms with van der Waals surface area (Å²) >= 11 is 1.64. The molecule has 100 valence electrons. The summed E-state index contributed by atoms with van der Waals surface area (Å²) in [5.41, 5.74) is 4.44. The van der Waals surface area contributed by atoms with Crippen LogP contribution < -0.4 is 5.32 Å². The fourth-order valence-corrected chi connectivity index (χ4v) is 3.17. The van der Waals surface area contributed by atoms with Crippen molar-refractivity contribution in [2.45, 2.75) is 34.6 Å². The Bertz CT molecular complexity index is 621. The second-order valence-corrected chi connectivity index (χ2v) is 6.28. The van der Waals surface area contributed by atoms with E-state index in [1.54, 1.807) is 11.3 Å². The summed E-state index contributed by atoms with van der Waals surface area (Å²) in [5, 5.41) is 2.98. The molecule has 0 fully saturated rings. The molecule has 4 heteroatoms. The van der Waals surface area contributed by atoms with E-state index in [1.165, 1.54) is 0 Å². The van der Waals surface area contributed by atoms with Gasteiger partial charge in [-0.3, -0.25) is 9.78 Å². The molecule has 1 amide bonds. The first kappa shape index (κ1) is 13.7. The van der Waals surface area contributed by atoms with E-state index in [0.29, 0.717) is 0 Å². The van der Waals surface area contributed by atoms with Gasteiger partial charge in [0.1, 0.15) is 0 Å². The number of aryl methyl sites for hydroxylation is 5. The number of hydrogen-bond acceptors (Lipinski definition) is 3. The third kappa shape index (κ3) is 2.84. The lowest BCUT2D eigenvalue weighted by atomic mass is 10.1. The second kappa shape index (κ2) is 5.13. The summed E-state index contributed by atoms with van der Waals surface area (Å²) in [7, 11) is 0. The highest BCUT2D eigenvalue weighted by Gasteiger charge is 2.14. The van der Waals surface area contributed by atoms with Crippen LogP contribution in [0.5, 0.6) is 0 Å². The SMILES string of the molecule is Cc1cc(C)c(NC(=O)c2cc(C)sc2C)c(C)n1. The number of aromatic nitrogens is 1. The predicted molar refractivity (Wildman–Crippen MR) is 80.2 cm³/mol. The molecule has 0 aliphatic heterocycles. The third-order valence-corrected chi connectivity index (χ3v) is 4.02. The summed E-state index contributed by atoms with van der Waals surface area (Å²) in [6.07, 6.45) is 0. The zero-order chi connectivity index (χ0) is 14.2. The number of carbonyl (C=O) groups is 1. The van der Waals surface area contributed by atoms with E-state index in [4.69, 9.17) is 0 Å². The molecule has 0 saturated carbocycles. The van der Waals surface area contributed by atoms with Crippen LogP contribution in [0.1, 0.15) is 37.1 Å². The molecule has 0 unspecified atom stereocenters. The monoisotopic (exact) mass is 274 g/mol. The molecule has 0 aliphatic rings. The molecule has 3 nitrogen and oxygen atoms in total. The Balaban J connectivity index is 2.32. The van der Waals surface area contributed by atoms with E-state index in [-0.39, 0.29) is 5.91 Å². The fourth-order valence-electron chi connectivity index (χ4n) is 2.25. The summed E-state index contributed by atoms with van der Waals surface area (Å²) in [6, 6.07) is 3.91. The quantitative estimate of drug-likeness (QED) is 0.901. The molecule has 0 bridgehead atoms. The lowest BCUT2D eigenvalue weighted by molar-refractivity contribution is 0.102. The van der Waals surface area contributed by atoms with Gasteiger partial charge in [0.25, 0.3) is 5.91 Å². The minimum Gasteiger partial charge on any atom is -0.320 e. The Kier molecular flexibility index (Phi) is 3.71. The van der Waals surface area contributed by atoms with Gasteiger partial charge in [-0.1, -0.05) is 0 Å². The van der Waals surface area contributed by atoms with Crippen molar-refractivity contribution < 1.29 is 4.79 Å². The average Bonchev–Trinajstić information content (AvgIpc) is 2.62. The number of carbonyl (C=O) groups excluding carboxylic acids is 1. The second-order valence-electron chi connectivity index (χ2n) is 4.82. The molecule has 0 saturated heterocycles. The van der Waals surface area contributed by atoms with Crippen molar-refractivity contribution in [3.8, 4) is 0 Å². The van der Waals surface area contributed by atoms with Crippen molar-refractivity contribution in [3.63, 3.8) is 0 Å². The zero-order valence-electron chi connectivity index (χ0n) is 11.9. The average molecular weight is 274 g/mol. The summed E-state index contributed by atoms with van der Waals surface area (Å²) < 4.78 is 0. The maximum Gasteiger partial charge on any atom is 0.256 e. The number of hydrogen-bond donors (Lipinski definition) is 1. The highest BCUT2D eigenvalue weighted by molar-refractivity contribution is 7.12. The van der Waals surface area contributed by atoms with Gasteiger partial charge in [-0.05, 0) is 52.3 Å². The number of thiophene rings is 1. The van der Waals surface area contributed by atoms with Crippen LogP contribution in [-0.2, 0) is 0 Å². The number of amides is 1. The number of nitrogens with zero attached hydrogens (tertiary/aromatic N) is 1. The van der Waals surface area contributed by atoms with Crippen molar-refractivity contribution in [1.29, 1.82) is 0 Å². The molecule has 0 radical (unpaired) electrons. The highest BCUT2D eigenvalue weighted by atomic mass is 32.1. The van der Waals surface area contributed by atoms with Crippen LogP contribution >= 0.6 is 11.3 Å². The van der Waals surface area contributed by atoms with Gasteiger partial charge in [0, 0.05) is 15.4 Å². The van der Waals surface area contributed by atoms with E-state index < -0.39 is 0 Å². The topological polar surface area (TPSA) is 42.0 Å². The first-order chi connectivity index (χ1) is 8.88. The smallest absolute Gasteiger partial charge is 0.256 e. The third-order valence-electron chi connectivity index (χ3n) is 3.05. The van der Waals surface area contributed by atoms with E-state index in [9.17, 15) is 4.79 Å². The van der Waals surface area contributed by atoms with E-state index in [2.05, 4.69) is 10.3 Å². The van der Waals surface area contributed by atoms with Gasteiger partial charge in [-0.25, -0.2) is 0 Å². The van der Waals surface area contributed by atoms with Gasteiger partial charge in [0.05, 0.1) is 16.9 Å². The van der Waals surface area contributed by atoms with Crippen molar-refractivity contribution in [2.24, 2.45) is 0 Å². The van der Waals surface area contributed by atoms with Crippen molar-refractivity contribution in [1.82, 2.24) is 4.98 Å². The highest BCUT2D eigenvalue weighted by Crippen LogP contribution is 2.24. The van der Waals surface area contributed by atoms with Gasteiger partial charge in [-0.15, -0.1) is 11.3 Å². The van der Waals surface area contributed by atoms with Gasteiger partial charge >= 0.3 is 0 Å². The predicted octanol–water partition coefficient (Wildman–Crippen LogP) is 3.94. The van der Waals surface area contributed by atoms with Gasteiger partial charge in [-0.2, -0.15) is 0 Å². The molecule has 0 spiro atoms. The normalized spacial score (nSPS) is 10.6. The Morgan fingerprint density at radius 1 is 1.16 bits per heavy atom. The maximum absolute atomic E-state index is 12.3. The van der Waals surface area contributed by atoms with Gasteiger partial charge < -0.3 is 5.32 Å². The standard InChI is InChI=1S/C15H18N2OS/c1-8-6-9(2)16-11(4)14(8)17-15(18)13-7-10(3)19-12(13)5/h6-7H,1-5H3,(H,17,18). The van der Waals surface area contributed by atoms with E-state index in [1.807, 2.05) is 46.8 Å². The number of anilines is 1. The molecule has 0 aliphatic carbocycles. The van der Waals surface area contributed by atoms with E-state index >= 15 is 0 Å². The summed E-state index contributed by atoms with van der Waals surface area (Å²) in [5.74, 6) is -0.0568. The van der Waals surface area contributed by atoms with Crippen LogP contribution in [0.4, 0.5) is 5.69 Å². The minimum absolute atomic E-state index is 0.0568. The molecular formula is C15H18N2OS. The molecule has 19 heavy (non-hydrogen) atoms. The van der Waals surface area contributed by atoms with Crippen LogP contribution in [0.3, 0.4) is 0 Å². The molecule has 2 heterocycles. The van der Waals surface area contributed by atoms with Crippen molar-refractivity contribution in [2.75, 3.05) is 5.32 Å². The maximum atomic E-state index is 12.3. The molecule has 1 N–H and O–H groups in total.